The van der Waals surface area contributed by atoms with Gasteiger partial charge >= 0.3 is 0 Å². The normalized spacial score (nSPS) is 27.4. The van der Waals surface area contributed by atoms with Crippen LogP contribution in [0.4, 0.5) is 5.69 Å². The van der Waals surface area contributed by atoms with Crippen LogP contribution >= 0.6 is 11.6 Å². The lowest BCUT2D eigenvalue weighted by molar-refractivity contribution is -0.903. The molecule has 2 N–H and O–H groups in total. The highest BCUT2D eigenvalue weighted by molar-refractivity contribution is 6.30. The number of aliphatic hydroxyl groups excluding tert-OH is 1. The number of benzene rings is 1. The molecule has 1 aromatic rings. The summed E-state index contributed by atoms with van der Waals surface area (Å²) in [5.74, 6) is 2.02. The number of hydrogen-bond acceptors (Lipinski definition) is 3. The van der Waals surface area contributed by atoms with Crippen LogP contribution < -0.4 is 9.80 Å². The van der Waals surface area contributed by atoms with Gasteiger partial charge in [-0.15, -0.1) is 0 Å². The molecule has 1 aliphatic heterocycles. The number of aryl methyl sites for hydroxylation is 1. The van der Waals surface area contributed by atoms with Crippen molar-refractivity contribution in [2.24, 2.45) is 17.8 Å². The smallest absolute Gasteiger partial charge is 0.126 e. The minimum Gasteiger partial charge on any atom is -0.385 e. The molecular weight excluding hydrogens is 384 g/mol. The number of nitrogens with one attached hydrogen (secondary N) is 1. The van der Waals surface area contributed by atoms with Crippen LogP contribution in [0.5, 0.6) is 0 Å². The third-order valence-corrected chi connectivity index (χ3v) is 7.21. The summed E-state index contributed by atoms with van der Waals surface area (Å²) in [6.45, 7) is 14.4. The first kappa shape index (κ1) is 22.9. The summed E-state index contributed by atoms with van der Waals surface area (Å²) < 4.78 is 6.26. The van der Waals surface area contributed by atoms with E-state index in [0.717, 1.165) is 50.1 Å². The Labute approximate surface area is 182 Å². The molecule has 5 heteroatoms. The van der Waals surface area contributed by atoms with Gasteiger partial charge in [-0.2, -0.15) is 0 Å². The van der Waals surface area contributed by atoms with Crippen molar-refractivity contribution in [1.82, 2.24) is 0 Å². The van der Waals surface area contributed by atoms with E-state index < -0.39 is 0 Å². The molecule has 0 unspecified atom stereocenters. The Morgan fingerprint density at radius 1 is 1.24 bits per heavy atom. The van der Waals surface area contributed by atoms with E-state index in [9.17, 15) is 5.11 Å². The fourth-order valence-corrected chi connectivity index (χ4v) is 5.29. The van der Waals surface area contributed by atoms with E-state index >= 15 is 0 Å². The highest BCUT2D eigenvalue weighted by Gasteiger charge is 2.32. The summed E-state index contributed by atoms with van der Waals surface area (Å²) in [4.78, 5) is 3.89. The van der Waals surface area contributed by atoms with E-state index in [1.54, 1.807) is 0 Å². The average molecular weight is 424 g/mol. The zero-order chi connectivity index (χ0) is 21.0. The summed E-state index contributed by atoms with van der Waals surface area (Å²) in [5, 5.41) is 11.4. The SMILES string of the molecule is Cc1ccc(Cl)cc1N1CC[NH+](C[C@@H](O)CO[C@H]2C[C@H](C)CC[C@@H]2C(C)C)CC1. The maximum absolute atomic E-state index is 10.6. The molecule has 164 valence electrons. The predicted octanol–water partition coefficient (Wildman–Crippen LogP) is 3.19. The van der Waals surface area contributed by atoms with Crippen LogP contribution in [0.15, 0.2) is 18.2 Å². The van der Waals surface area contributed by atoms with Crippen molar-refractivity contribution in [3.05, 3.63) is 28.8 Å². The lowest BCUT2D eigenvalue weighted by atomic mass is 9.75. The monoisotopic (exact) mass is 423 g/mol. The van der Waals surface area contributed by atoms with Crippen LogP contribution in [0.25, 0.3) is 0 Å². The van der Waals surface area contributed by atoms with E-state index in [1.165, 1.54) is 29.0 Å². The summed E-state index contributed by atoms with van der Waals surface area (Å²) in [6, 6.07) is 6.12. The Bertz CT molecular complexity index is 646. The molecule has 4 atom stereocenters. The molecule has 0 aromatic heterocycles. The van der Waals surface area contributed by atoms with Crippen LogP contribution in [0, 0.1) is 24.7 Å². The van der Waals surface area contributed by atoms with Gasteiger partial charge in [0.2, 0.25) is 0 Å². The fraction of sp³-hybridized carbons (Fsp3) is 0.750. The van der Waals surface area contributed by atoms with Crippen molar-refractivity contribution in [3.8, 4) is 0 Å². The van der Waals surface area contributed by atoms with E-state index in [1.807, 2.05) is 6.07 Å². The van der Waals surface area contributed by atoms with Gasteiger partial charge in [-0.05, 0) is 55.2 Å². The second kappa shape index (κ2) is 10.5. The molecule has 0 bridgehead atoms. The molecule has 1 saturated heterocycles. The Morgan fingerprint density at radius 2 is 1.97 bits per heavy atom. The van der Waals surface area contributed by atoms with Crippen molar-refractivity contribution in [1.29, 1.82) is 0 Å². The number of halogens is 1. The molecular formula is C24H40ClN2O2+. The van der Waals surface area contributed by atoms with Crippen molar-refractivity contribution >= 4 is 17.3 Å². The van der Waals surface area contributed by atoms with Crippen LogP contribution in [-0.2, 0) is 4.74 Å². The largest absolute Gasteiger partial charge is 0.385 e. The first-order valence-electron chi connectivity index (χ1n) is 11.5. The molecule has 2 aliphatic rings. The highest BCUT2D eigenvalue weighted by atomic mass is 35.5. The number of piperazine rings is 1. The molecule has 1 saturated carbocycles. The number of hydrogen-bond donors (Lipinski definition) is 2. The Kier molecular flexibility index (Phi) is 8.26. The Balaban J connectivity index is 1.43. The fourth-order valence-electron chi connectivity index (χ4n) is 5.12. The molecule has 1 aliphatic carbocycles. The van der Waals surface area contributed by atoms with Gasteiger partial charge in [0.25, 0.3) is 0 Å². The third kappa shape index (κ3) is 6.33. The number of anilines is 1. The minimum absolute atomic E-state index is 0.311. The highest BCUT2D eigenvalue weighted by Crippen LogP contribution is 2.35. The number of nitrogens with zero attached hydrogens (tertiary/aromatic N) is 1. The first-order valence-corrected chi connectivity index (χ1v) is 11.9. The maximum Gasteiger partial charge on any atom is 0.126 e. The van der Waals surface area contributed by atoms with E-state index in [-0.39, 0.29) is 6.10 Å². The van der Waals surface area contributed by atoms with Crippen molar-refractivity contribution in [3.63, 3.8) is 0 Å². The number of aliphatic hydroxyl groups is 1. The predicted molar refractivity (Wildman–Crippen MR) is 121 cm³/mol. The summed E-state index contributed by atoms with van der Waals surface area (Å²) in [6.07, 6.45) is 3.64. The summed E-state index contributed by atoms with van der Waals surface area (Å²) >= 11 is 6.19. The molecule has 1 heterocycles. The van der Waals surface area contributed by atoms with Crippen LogP contribution in [-0.4, -0.2) is 56.6 Å². The molecule has 0 radical (unpaired) electrons. The number of rotatable bonds is 7. The lowest BCUT2D eigenvalue weighted by Crippen LogP contribution is -3.16. The van der Waals surface area contributed by atoms with Gasteiger partial charge in [-0.25, -0.2) is 0 Å². The van der Waals surface area contributed by atoms with Crippen molar-refractivity contribution in [2.45, 2.75) is 59.2 Å². The first-order chi connectivity index (χ1) is 13.8. The minimum atomic E-state index is -0.380. The van der Waals surface area contributed by atoms with Gasteiger partial charge in [0, 0.05) is 10.7 Å². The van der Waals surface area contributed by atoms with Crippen LogP contribution in [0.3, 0.4) is 0 Å². The molecule has 4 nitrogen and oxygen atoms in total. The topological polar surface area (TPSA) is 37.1 Å². The van der Waals surface area contributed by atoms with Gasteiger partial charge < -0.3 is 19.6 Å². The molecule has 0 amide bonds. The second-order valence-electron chi connectivity index (χ2n) is 9.72. The van der Waals surface area contributed by atoms with Crippen LogP contribution in [0.1, 0.15) is 45.6 Å². The summed E-state index contributed by atoms with van der Waals surface area (Å²) in [7, 11) is 0. The van der Waals surface area contributed by atoms with Gasteiger partial charge in [0.15, 0.2) is 0 Å². The summed E-state index contributed by atoms with van der Waals surface area (Å²) in [5.41, 5.74) is 2.51. The van der Waals surface area contributed by atoms with E-state index in [0.29, 0.717) is 24.5 Å². The third-order valence-electron chi connectivity index (χ3n) is 6.97. The molecule has 2 fully saturated rings. The zero-order valence-corrected chi connectivity index (χ0v) is 19.4. The van der Waals surface area contributed by atoms with Crippen molar-refractivity contribution < 1.29 is 14.7 Å². The van der Waals surface area contributed by atoms with Crippen LogP contribution in [0.2, 0.25) is 5.02 Å². The number of ether oxygens (including phenoxy) is 1. The standard InChI is InChI=1S/C24H39ClN2O2/c1-17(2)22-8-5-18(3)13-24(22)29-16-21(28)15-26-9-11-27(12-10-26)23-14-20(25)7-6-19(23)4/h6-7,14,17-18,21-22,24,28H,5,8-13,15-16H2,1-4H3/p+1/t18-,21-,22-,24+/m1/s1. The zero-order valence-electron chi connectivity index (χ0n) is 18.7. The Morgan fingerprint density at radius 3 is 2.66 bits per heavy atom. The molecule has 3 rings (SSSR count). The quantitative estimate of drug-likeness (QED) is 0.707. The van der Waals surface area contributed by atoms with E-state index in [4.69, 9.17) is 16.3 Å². The lowest BCUT2D eigenvalue weighted by Gasteiger charge is -2.38. The molecule has 1 aromatic carbocycles. The molecule has 0 spiro atoms. The van der Waals surface area contributed by atoms with Gasteiger partial charge in [-0.3, -0.25) is 0 Å². The molecule has 29 heavy (non-hydrogen) atoms. The Hall–Kier alpha value is -0.810. The second-order valence-corrected chi connectivity index (χ2v) is 10.2. The van der Waals surface area contributed by atoms with Gasteiger partial charge in [-0.1, -0.05) is 44.9 Å². The van der Waals surface area contributed by atoms with Gasteiger partial charge in [0.1, 0.15) is 12.6 Å². The average Bonchev–Trinajstić information content (AvgIpc) is 2.69. The number of quaternary nitrogens is 1. The van der Waals surface area contributed by atoms with Gasteiger partial charge in [0.05, 0.1) is 38.9 Å². The van der Waals surface area contributed by atoms with Crippen molar-refractivity contribution in [2.75, 3.05) is 44.2 Å². The maximum atomic E-state index is 10.6. The van der Waals surface area contributed by atoms with E-state index in [2.05, 4.69) is 44.7 Å².